The van der Waals surface area contributed by atoms with E-state index in [-0.39, 0.29) is 11.2 Å². The van der Waals surface area contributed by atoms with E-state index < -0.39 is 0 Å². The van der Waals surface area contributed by atoms with Crippen LogP contribution in [0.25, 0.3) is 10.9 Å². The van der Waals surface area contributed by atoms with Gasteiger partial charge < -0.3 is 14.8 Å². The zero-order chi connectivity index (χ0) is 21.9. The van der Waals surface area contributed by atoms with Gasteiger partial charge in [-0.1, -0.05) is 32.8 Å². The van der Waals surface area contributed by atoms with E-state index in [9.17, 15) is 4.79 Å². The Morgan fingerprint density at radius 1 is 1.13 bits per heavy atom. The van der Waals surface area contributed by atoms with Gasteiger partial charge in [-0.2, -0.15) is 0 Å². The fourth-order valence-electron chi connectivity index (χ4n) is 5.22. The van der Waals surface area contributed by atoms with Gasteiger partial charge in [-0.05, 0) is 48.9 Å². The first-order chi connectivity index (χ1) is 14.8. The maximum absolute atomic E-state index is 13.7. The molecule has 4 heteroatoms. The van der Waals surface area contributed by atoms with Crippen molar-refractivity contribution in [3.8, 4) is 12.3 Å². The highest BCUT2D eigenvalue weighted by Crippen LogP contribution is 2.45. The smallest absolute Gasteiger partial charge is 0.195 e. The zero-order valence-electron chi connectivity index (χ0n) is 18.8. The molecule has 1 aliphatic carbocycles. The number of carbonyl (C=O) groups excluding carboxylic acids is 1. The van der Waals surface area contributed by atoms with Gasteiger partial charge >= 0.3 is 0 Å². The van der Waals surface area contributed by atoms with Crippen LogP contribution in [0.2, 0.25) is 0 Å². The summed E-state index contributed by atoms with van der Waals surface area (Å²) < 4.78 is 0. The topological polar surface area (TPSA) is 39.3 Å². The lowest BCUT2D eigenvalue weighted by molar-refractivity contribution is 0.103. The number of hydrogen-bond acceptors (Lipinski definition) is 3. The van der Waals surface area contributed by atoms with Crippen LogP contribution in [-0.4, -0.2) is 48.9 Å². The number of anilines is 1. The number of aryl methyl sites for hydroxylation is 1. The van der Waals surface area contributed by atoms with E-state index in [1.807, 2.05) is 18.2 Å². The van der Waals surface area contributed by atoms with E-state index >= 15 is 0 Å². The Balaban J connectivity index is 1.70. The fourth-order valence-corrected chi connectivity index (χ4v) is 5.22. The number of aromatic nitrogens is 1. The highest BCUT2D eigenvalue weighted by molar-refractivity contribution is 6.20. The van der Waals surface area contributed by atoms with E-state index in [0.717, 1.165) is 71.5 Å². The summed E-state index contributed by atoms with van der Waals surface area (Å²) in [5.74, 6) is 2.81. The average molecular weight is 412 g/mol. The monoisotopic (exact) mass is 411 g/mol. The minimum absolute atomic E-state index is 0.115. The van der Waals surface area contributed by atoms with E-state index in [2.05, 4.69) is 60.7 Å². The fraction of sp³-hybridized carbons (Fsp3) is 0.370. The highest BCUT2D eigenvalue weighted by Gasteiger charge is 2.40. The summed E-state index contributed by atoms with van der Waals surface area (Å²) >= 11 is 0. The van der Waals surface area contributed by atoms with Gasteiger partial charge in [-0.3, -0.25) is 4.79 Å². The summed E-state index contributed by atoms with van der Waals surface area (Å²) in [6.45, 7) is 10.8. The molecule has 1 N–H and O–H groups in total. The number of ketones is 1. The van der Waals surface area contributed by atoms with Crippen molar-refractivity contribution < 1.29 is 4.79 Å². The van der Waals surface area contributed by atoms with Crippen LogP contribution in [0.15, 0.2) is 30.3 Å². The Kier molecular flexibility index (Phi) is 4.50. The summed E-state index contributed by atoms with van der Waals surface area (Å²) in [6.07, 6.45) is 6.51. The maximum Gasteiger partial charge on any atom is 0.195 e. The van der Waals surface area contributed by atoms with Crippen molar-refractivity contribution in [2.75, 3.05) is 38.1 Å². The van der Waals surface area contributed by atoms with Crippen molar-refractivity contribution >= 4 is 22.4 Å². The van der Waals surface area contributed by atoms with Crippen molar-refractivity contribution in [2.45, 2.75) is 32.6 Å². The second-order valence-electron chi connectivity index (χ2n) is 9.40. The van der Waals surface area contributed by atoms with Crippen LogP contribution in [0, 0.1) is 12.3 Å². The highest BCUT2D eigenvalue weighted by atomic mass is 16.1. The SMILES string of the molecule is C#Cc1ccc2c3c([nH]c2c1)C(C)(C)c1cc(N2CCN(C)CC2)c(CC)cc1C3=O. The van der Waals surface area contributed by atoms with E-state index in [4.69, 9.17) is 6.42 Å². The van der Waals surface area contributed by atoms with Gasteiger partial charge in [0.2, 0.25) is 0 Å². The molecule has 1 aliphatic heterocycles. The Morgan fingerprint density at radius 2 is 1.87 bits per heavy atom. The van der Waals surface area contributed by atoms with Crippen LogP contribution < -0.4 is 4.90 Å². The molecule has 5 rings (SSSR count). The van der Waals surface area contributed by atoms with Crippen LogP contribution in [-0.2, 0) is 11.8 Å². The van der Waals surface area contributed by atoms with Crippen molar-refractivity contribution in [3.05, 3.63) is 63.8 Å². The molecule has 0 saturated carbocycles. The summed E-state index contributed by atoms with van der Waals surface area (Å²) in [5, 5.41) is 0.957. The van der Waals surface area contributed by atoms with Gasteiger partial charge in [0, 0.05) is 65.0 Å². The van der Waals surface area contributed by atoms with Crippen molar-refractivity contribution in [2.24, 2.45) is 0 Å². The third-order valence-electron chi connectivity index (χ3n) is 7.18. The Hall–Kier alpha value is -3.03. The largest absolute Gasteiger partial charge is 0.369 e. The Morgan fingerprint density at radius 3 is 2.55 bits per heavy atom. The van der Waals surface area contributed by atoms with Gasteiger partial charge in [0.1, 0.15) is 0 Å². The molecule has 1 fully saturated rings. The van der Waals surface area contributed by atoms with Gasteiger partial charge in [-0.25, -0.2) is 0 Å². The number of likely N-dealkylation sites (N-methyl/N-ethyl adjacent to an activating group) is 1. The Labute approximate surface area is 184 Å². The normalized spacial score (nSPS) is 18.0. The van der Waals surface area contributed by atoms with Crippen molar-refractivity contribution in [3.63, 3.8) is 0 Å². The molecule has 0 atom stereocenters. The molecule has 4 nitrogen and oxygen atoms in total. The standard InChI is InChI=1S/C27H29N3O/c1-6-17-8-9-19-22(14-17)28-26-24(19)25(31)20-15-18(7-2)23(16-21(20)27(26,3)4)30-12-10-29(5)11-13-30/h1,8-9,14-16,28H,7,10-13H2,2-5H3. The molecule has 0 bridgehead atoms. The van der Waals surface area contributed by atoms with Gasteiger partial charge in [-0.15, -0.1) is 6.42 Å². The summed E-state index contributed by atoms with van der Waals surface area (Å²) in [4.78, 5) is 22.1. The quantitative estimate of drug-likeness (QED) is 0.638. The molecule has 2 aliphatic rings. The van der Waals surface area contributed by atoms with E-state index in [1.54, 1.807) is 0 Å². The predicted molar refractivity (Wildman–Crippen MR) is 127 cm³/mol. The maximum atomic E-state index is 13.7. The molecule has 0 radical (unpaired) electrons. The number of benzene rings is 2. The molecular formula is C27H29N3O. The molecule has 3 aromatic rings. The van der Waals surface area contributed by atoms with Crippen molar-refractivity contribution in [1.29, 1.82) is 0 Å². The van der Waals surface area contributed by atoms with Gasteiger partial charge in [0.25, 0.3) is 0 Å². The molecule has 2 heterocycles. The summed E-state index contributed by atoms with van der Waals surface area (Å²) in [6, 6.07) is 10.3. The number of rotatable bonds is 2. The lowest BCUT2D eigenvalue weighted by atomic mass is 9.70. The molecule has 1 aromatic heterocycles. The number of H-pyrrole nitrogens is 1. The van der Waals surface area contributed by atoms with Crippen molar-refractivity contribution in [1.82, 2.24) is 9.88 Å². The number of piperazine rings is 1. The van der Waals surface area contributed by atoms with E-state index in [1.165, 1.54) is 11.3 Å². The Bertz CT molecular complexity index is 1250. The van der Waals surface area contributed by atoms with Crippen LogP contribution >= 0.6 is 0 Å². The number of carbonyl (C=O) groups is 1. The second kappa shape index (κ2) is 7.00. The molecule has 0 amide bonds. The van der Waals surface area contributed by atoms with Crippen LogP contribution in [0.4, 0.5) is 5.69 Å². The summed E-state index contributed by atoms with van der Waals surface area (Å²) in [7, 11) is 2.18. The number of fused-ring (bicyclic) bond motifs is 4. The first-order valence-corrected chi connectivity index (χ1v) is 11.1. The predicted octanol–water partition coefficient (Wildman–Crippen LogP) is 4.33. The number of nitrogens with zero attached hydrogens (tertiary/aromatic N) is 2. The van der Waals surface area contributed by atoms with Crippen LogP contribution in [0.3, 0.4) is 0 Å². The van der Waals surface area contributed by atoms with Crippen LogP contribution in [0.1, 0.15) is 59.1 Å². The third-order valence-corrected chi connectivity index (χ3v) is 7.18. The van der Waals surface area contributed by atoms with Gasteiger partial charge in [0.05, 0.1) is 5.56 Å². The lowest BCUT2D eigenvalue weighted by Crippen LogP contribution is -2.45. The molecular weight excluding hydrogens is 382 g/mol. The molecule has 0 unspecified atom stereocenters. The average Bonchev–Trinajstić information content (AvgIpc) is 3.17. The number of aromatic amines is 1. The lowest BCUT2D eigenvalue weighted by Gasteiger charge is -2.38. The third kappa shape index (κ3) is 2.91. The van der Waals surface area contributed by atoms with E-state index in [0.29, 0.717) is 0 Å². The minimum Gasteiger partial charge on any atom is -0.369 e. The molecule has 158 valence electrons. The number of terminal acetylenes is 1. The summed E-state index contributed by atoms with van der Waals surface area (Å²) in [5.41, 5.74) is 7.72. The molecule has 0 spiro atoms. The first kappa shape index (κ1) is 19.9. The number of hydrogen-bond donors (Lipinski definition) is 1. The zero-order valence-corrected chi connectivity index (χ0v) is 18.8. The number of nitrogens with one attached hydrogen (secondary N) is 1. The molecule has 31 heavy (non-hydrogen) atoms. The molecule has 2 aromatic carbocycles. The second-order valence-corrected chi connectivity index (χ2v) is 9.40. The molecule has 1 saturated heterocycles. The van der Waals surface area contributed by atoms with Crippen LogP contribution in [0.5, 0.6) is 0 Å². The van der Waals surface area contributed by atoms with Gasteiger partial charge in [0.15, 0.2) is 5.78 Å². The first-order valence-electron chi connectivity index (χ1n) is 11.1. The minimum atomic E-state index is -0.304.